The van der Waals surface area contributed by atoms with Gasteiger partial charge in [-0.2, -0.15) is 0 Å². The Hall–Kier alpha value is -2.10. The highest BCUT2D eigenvalue weighted by Gasteiger charge is 2.12. The van der Waals surface area contributed by atoms with E-state index >= 15 is 0 Å². The van der Waals surface area contributed by atoms with Gasteiger partial charge in [0.05, 0.1) is 21.1 Å². The summed E-state index contributed by atoms with van der Waals surface area (Å²) in [5.74, 6) is -0.983. The first-order chi connectivity index (χ1) is 10.1. The Morgan fingerprint density at radius 2 is 1.86 bits per heavy atom. The molecule has 0 unspecified atom stereocenters. The van der Waals surface area contributed by atoms with E-state index in [1.165, 1.54) is 6.07 Å². The van der Waals surface area contributed by atoms with Crippen LogP contribution in [0.3, 0.4) is 0 Å². The van der Waals surface area contributed by atoms with Gasteiger partial charge < -0.3 is 5.11 Å². The van der Waals surface area contributed by atoms with Gasteiger partial charge >= 0.3 is 5.97 Å². The van der Waals surface area contributed by atoms with E-state index in [-0.39, 0.29) is 5.56 Å². The van der Waals surface area contributed by atoms with Crippen LogP contribution < -0.4 is 0 Å². The van der Waals surface area contributed by atoms with Crippen LogP contribution >= 0.6 is 23.2 Å². The van der Waals surface area contributed by atoms with E-state index in [1.54, 1.807) is 36.5 Å². The van der Waals surface area contributed by atoms with E-state index in [2.05, 4.69) is 4.98 Å². The van der Waals surface area contributed by atoms with Crippen LogP contribution in [0.15, 0.2) is 48.7 Å². The molecule has 2 aromatic carbocycles. The van der Waals surface area contributed by atoms with Crippen molar-refractivity contribution in [2.24, 2.45) is 0 Å². The summed E-state index contributed by atoms with van der Waals surface area (Å²) in [5, 5.41) is 10.8. The molecule has 1 aromatic heterocycles. The lowest BCUT2D eigenvalue weighted by Gasteiger charge is -2.09. The second-order valence-corrected chi connectivity index (χ2v) is 5.28. The quantitative estimate of drug-likeness (QED) is 0.730. The third-order valence-corrected chi connectivity index (χ3v) is 4.05. The third kappa shape index (κ3) is 2.46. The van der Waals surface area contributed by atoms with Crippen molar-refractivity contribution in [3.63, 3.8) is 0 Å². The highest BCUT2D eigenvalue weighted by Crippen LogP contribution is 2.36. The summed E-state index contributed by atoms with van der Waals surface area (Å²) >= 11 is 12.3. The molecule has 104 valence electrons. The molecule has 0 bridgehead atoms. The number of pyridine rings is 1. The molecule has 5 heteroatoms. The maximum Gasteiger partial charge on any atom is 0.335 e. The van der Waals surface area contributed by atoms with Crippen molar-refractivity contribution in [1.82, 2.24) is 4.98 Å². The molecule has 3 nitrogen and oxygen atoms in total. The Balaban J connectivity index is 2.34. The summed E-state index contributed by atoms with van der Waals surface area (Å²) in [5.41, 5.74) is 2.46. The zero-order valence-electron chi connectivity index (χ0n) is 10.7. The molecule has 0 atom stereocenters. The molecule has 0 radical (unpaired) electrons. The summed E-state index contributed by atoms with van der Waals surface area (Å²) < 4.78 is 0. The van der Waals surface area contributed by atoms with Crippen LogP contribution in [0, 0.1) is 0 Å². The lowest BCUT2D eigenvalue weighted by atomic mass is 10.00. The molecule has 0 amide bonds. The van der Waals surface area contributed by atoms with E-state index in [1.807, 2.05) is 6.07 Å². The van der Waals surface area contributed by atoms with Crippen molar-refractivity contribution in [3.8, 4) is 11.1 Å². The number of carboxylic acids is 1. The van der Waals surface area contributed by atoms with Gasteiger partial charge in [0.1, 0.15) is 0 Å². The van der Waals surface area contributed by atoms with E-state index in [4.69, 9.17) is 28.3 Å². The van der Waals surface area contributed by atoms with Crippen molar-refractivity contribution in [2.45, 2.75) is 0 Å². The molecule has 3 rings (SSSR count). The Morgan fingerprint density at radius 1 is 1.05 bits per heavy atom. The molecule has 0 aliphatic heterocycles. The van der Waals surface area contributed by atoms with Gasteiger partial charge in [-0.05, 0) is 35.9 Å². The second kappa shape index (κ2) is 5.35. The first kappa shape index (κ1) is 13.9. The largest absolute Gasteiger partial charge is 0.478 e. The van der Waals surface area contributed by atoms with Crippen molar-refractivity contribution in [2.75, 3.05) is 0 Å². The summed E-state index contributed by atoms with van der Waals surface area (Å²) in [6.45, 7) is 0. The number of aromatic carboxylic acids is 1. The fourth-order valence-electron chi connectivity index (χ4n) is 2.23. The number of rotatable bonds is 2. The van der Waals surface area contributed by atoms with Crippen LogP contribution in [-0.2, 0) is 0 Å². The van der Waals surface area contributed by atoms with E-state index < -0.39 is 5.97 Å². The number of nitrogens with zero attached hydrogens (tertiary/aromatic N) is 1. The molecule has 0 aliphatic rings. The molecule has 0 spiro atoms. The van der Waals surface area contributed by atoms with E-state index in [9.17, 15) is 4.79 Å². The molecule has 0 fully saturated rings. The minimum Gasteiger partial charge on any atom is -0.478 e. The number of carbonyl (C=O) groups is 1. The number of hydrogen-bond donors (Lipinski definition) is 1. The number of fused-ring (bicyclic) bond motifs is 1. The van der Waals surface area contributed by atoms with Gasteiger partial charge in [-0.25, -0.2) is 4.79 Å². The lowest BCUT2D eigenvalue weighted by molar-refractivity contribution is 0.0697. The molecule has 0 aliphatic carbocycles. The monoisotopic (exact) mass is 317 g/mol. The zero-order chi connectivity index (χ0) is 15.0. The smallest absolute Gasteiger partial charge is 0.335 e. The summed E-state index contributed by atoms with van der Waals surface area (Å²) in [4.78, 5) is 15.4. The Morgan fingerprint density at radius 3 is 2.62 bits per heavy atom. The van der Waals surface area contributed by atoms with E-state index in [0.717, 1.165) is 16.5 Å². The molecular weight excluding hydrogens is 309 g/mol. The third-order valence-electron chi connectivity index (χ3n) is 3.23. The number of benzene rings is 2. The normalized spacial score (nSPS) is 10.8. The summed E-state index contributed by atoms with van der Waals surface area (Å²) in [6.07, 6.45) is 1.66. The minimum absolute atomic E-state index is 0.204. The molecule has 0 saturated heterocycles. The lowest BCUT2D eigenvalue weighted by Crippen LogP contribution is -1.96. The average molecular weight is 318 g/mol. The first-order valence-corrected chi connectivity index (χ1v) is 6.90. The van der Waals surface area contributed by atoms with Gasteiger partial charge in [-0.1, -0.05) is 35.3 Å². The fourth-order valence-corrected chi connectivity index (χ4v) is 2.63. The van der Waals surface area contributed by atoms with Crippen LogP contribution in [-0.4, -0.2) is 16.1 Å². The maximum absolute atomic E-state index is 11.1. The Labute approximate surface area is 130 Å². The highest BCUT2D eigenvalue weighted by molar-refractivity contribution is 6.43. The number of carboxylic acid groups (broad SMARTS) is 1. The summed E-state index contributed by atoms with van der Waals surface area (Å²) in [6, 6.07) is 12.0. The molecule has 1 heterocycles. The van der Waals surface area contributed by atoms with Crippen molar-refractivity contribution >= 4 is 40.1 Å². The van der Waals surface area contributed by atoms with Crippen LogP contribution in [0.25, 0.3) is 22.0 Å². The van der Waals surface area contributed by atoms with Crippen LogP contribution in [0.2, 0.25) is 10.0 Å². The van der Waals surface area contributed by atoms with E-state index in [0.29, 0.717) is 15.6 Å². The zero-order valence-corrected chi connectivity index (χ0v) is 12.2. The van der Waals surface area contributed by atoms with Gasteiger partial charge in [-0.15, -0.1) is 0 Å². The number of hydrogen-bond acceptors (Lipinski definition) is 2. The maximum atomic E-state index is 11.1. The van der Waals surface area contributed by atoms with Crippen LogP contribution in [0.1, 0.15) is 10.4 Å². The van der Waals surface area contributed by atoms with Gasteiger partial charge in [0.25, 0.3) is 0 Å². The molecule has 21 heavy (non-hydrogen) atoms. The summed E-state index contributed by atoms with van der Waals surface area (Å²) in [7, 11) is 0. The molecule has 1 N–H and O–H groups in total. The fraction of sp³-hybridized carbons (Fsp3) is 0. The predicted octanol–water partition coefficient (Wildman–Crippen LogP) is 4.91. The van der Waals surface area contributed by atoms with Gasteiger partial charge in [0.2, 0.25) is 0 Å². The SMILES string of the molecule is O=C(O)c1ccc2nccc(-c3cccc(Cl)c3Cl)c2c1. The number of halogens is 2. The molecule has 3 aromatic rings. The standard InChI is InChI=1S/C16H9Cl2NO2/c17-13-3-1-2-11(15(13)18)10-6-7-19-14-5-4-9(16(20)21)8-12(10)14/h1-8H,(H,20,21). The molecular formula is C16H9Cl2NO2. The van der Waals surface area contributed by atoms with Crippen LogP contribution in [0.5, 0.6) is 0 Å². The van der Waals surface area contributed by atoms with Gasteiger partial charge in [0, 0.05) is 17.1 Å². The van der Waals surface area contributed by atoms with Crippen LogP contribution in [0.4, 0.5) is 0 Å². The topological polar surface area (TPSA) is 50.2 Å². The van der Waals surface area contributed by atoms with Crippen molar-refractivity contribution in [3.05, 3.63) is 64.3 Å². The minimum atomic E-state index is -0.983. The van der Waals surface area contributed by atoms with Crippen molar-refractivity contribution in [1.29, 1.82) is 0 Å². The number of aromatic nitrogens is 1. The van der Waals surface area contributed by atoms with Gasteiger partial charge in [-0.3, -0.25) is 4.98 Å². The average Bonchev–Trinajstić information content (AvgIpc) is 2.49. The second-order valence-electron chi connectivity index (χ2n) is 4.50. The predicted molar refractivity (Wildman–Crippen MR) is 84.2 cm³/mol. The first-order valence-electron chi connectivity index (χ1n) is 6.14. The Kier molecular flexibility index (Phi) is 3.53. The van der Waals surface area contributed by atoms with Gasteiger partial charge in [0.15, 0.2) is 0 Å². The Bertz CT molecular complexity index is 862. The molecule has 0 saturated carbocycles. The van der Waals surface area contributed by atoms with Crippen molar-refractivity contribution < 1.29 is 9.90 Å². The highest BCUT2D eigenvalue weighted by atomic mass is 35.5.